The number of hydrogen-bond donors (Lipinski definition) is 1. The lowest BCUT2D eigenvalue weighted by Crippen LogP contribution is -2.13. The molecule has 2 nitrogen and oxygen atoms in total. The minimum Gasteiger partial charge on any atom is -0.385 e. The Kier molecular flexibility index (Phi) is 6.80. The predicted molar refractivity (Wildman–Crippen MR) is 92.6 cm³/mol. The Hall–Kier alpha value is -1.29. The molecule has 1 unspecified atom stereocenters. The maximum Gasteiger partial charge on any atom is 0.0470 e. The minimum atomic E-state index is 0.0994. The highest BCUT2D eigenvalue weighted by Gasteiger charge is 2.06. The molecular formula is C18H23NOS. The second kappa shape index (κ2) is 8.88. The average molecular weight is 301 g/mol. The van der Waals surface area contributed by atoms with Crippen LogP contribution in [-0.4, -0.2) is 25.2 Å². The molecule has 0 aliphatic carbocycles. The van der Waals surface area contributed by atoms with E-state index in [-0.39, 0.29) is 6.04 Å². The lowest BCUT2D eigenvalue weighted by molar-refractivity contribution is 0.200. The topological polar surface area (TPSA) is 35.2 Å². The maximum absolute atomic E-state index is 6.25. The zero-order valence-corrected chi connectivity index (χ0v) is 13.3. The van der Waals surface area contributed by atoms with Gasteiger partial charge in [-0.05, 0) is 28.9 Å². The molecule has 0 bridgehead atoms. The van der Waals surface area contributed by atoms with Gasteiger partial charge in [-0.1, -0.05) is 54.6 Å². The summed E-state index contributed by atoms with van der Waals surface area (Å²) in [7, 11) is 1.74. The summed E-state index contributed by atoms with van der Waals surface area (Å²) in [4.78, 5) is 0. The highest BCUT2D eigenvalue weighted by Crippen LogP contribution is 2.22. The monoisotopic (exact) mass is 301 g/mol. The SMILES string of the molecule is COCCCSCC(N)c1ccc(-c2ccccc2)cc1. The van der Waals surface area contributed by atoms with Crippen molar-refractivity contribution in [1.29, 1.82) is 0 Å². The van der Waals surface area contributed by atoms with Crippen molar-refractivity contribution in [3.8, 4) is 11.1 Å². The van der Waals surface area contributed by atoms with Crippen molar-refractivity contribution in [1.82, 2.24) is 0 Å². The van der Waals surface area contributed by atoms with E-state index in [4.69, 9.17) is 10.5 Å². The summed E-state index contributed by atoms with van der Waals surface area (Å²) in [6.07, 6.45) is 1.08. The van der Waals surface area contributed by atoms with E-state index < -0.39 is 0 Å². The van der Waals surface area contributed by atoms with Crippen LogP contribution in [0.25, 0.3) is 11.1 Å². The summed E-state index contributed by atoms with van der Waals surface area (Å²) >= 11 is 1.89. The second-order valence-electron chi connectivity index (χ2n) is 5.02. The van der Waals surface area contributed by atoms with Crippen molar-refractivity contribution in [3.05, 3.63) is 60.2 Å². The molecule has 0 saturated carbocycles. The number of rotatable bonds is 8. The standard InChI is InChI=1S/C18H23NOS/c1-20-12-5-13-21-14-18(19)17-10-8-16(9-11-17)15-6-3-2-4-7-15/h2-4,6-11,18H,5,12-14,19H2,1H3. The van der Waals surface area contributed by atoms with Gasteiger partial charge in [0.25, 0.3) is 0 Å². The Morgan fingerprint density at radius 2 is 1.67 bits per heavy atom. The molecule has 0 heterocycles. The number of thioether (sulfide) groups is 1. The number of methoxy groups -OCH3 is 1. The fourth-order valence-corrected chi connectivity index (χ4v) is 3.10. The van der Waals surface area contributed by atoms with Crippen molar-refractivity contribution < 1.29 is 4.74 Å². The molecule has 2 aromatic carbocycles. The molecule has 2 N–H and O–H groups in total. The zero-order valence-electron chi connectivity index (χ0n) is 12.5. The van der Waals surface area contributed by atoms with Crippen LogP contribution in [-0.2, 0) is 4.74 Å². The molecule has 3 heteroatoms. The van der Waals surface area contributed by atoms with Crippen LogP contribution in [0.15, 0.2) is 54.6 Å². The van der Waals surface area contributed by atoms with Gasteiger partial charge in [-0.3, -0.25) is 0 Å². The normalized spacial score (nSPS) is 12.3. The van der Waals surface area contributed by atoms with E-state index in [1.165, 1.54) is 16.7 Å². The van der Waals surface area contributed by atoms with Crippen LogP contribution in [0.3, 0.4) is 0 Å². The second-order valence-corrected chi connectivity index (χ2v) is 6.17. The molecule has 112 valence electrons. The Labute approximate surface area is 131 Å². The molecule has 0 fully saturated rings. The zero-order chi connectivity index (χ0) is 14.9. The van der Waals surface area contributed by atoms with Gasteiger partial charge in [-0.15, -0.1) is 0 Å². The van der Waals surface area contributed by atoms with E-state index in [0.717, 1.165) is 24.5 Å². The summed E-state index contributed by atoms with van der Waals surface area (Å²) in [5.41, 5.74) is 9.93. The molecule has 0 aromatic heterocycles. The van der Waals surface area contributed by atoms with E-state index in [1.807, 2.05) is 17.8 Å². The first-order chi connectivity index (χ1) is 10.3. The molecule has 0 amide bonds. The molecule has 0 aliphatic rings. The van der Waals surface area contributed by atoms with Gasteiger partial charge in [0.15, 0.2) is 0 Å². The summed E-state index contributed by atoms with van der Waals surface area (Å²) in [6, 6.07) is 19.1. The van der Waals surface area contributed by atoms with E-state index in [9.17, 15) is 0 Å². The van der Waals surface area contributed by atoms with Crippen molar-refractivity contribution in [2.75, 3.05) is 25.2 Å². The fraction of sp³-hybridized carbons (Fsp3) is 0.333. The summed E-state index contributed by atoms with van der Waals surface area (Å²) < 4.78 is 5.04. The lowest BCUT2D eigenvalue weighted by atomic mass is 10.0. The van der Waals surface area contributed by atoms with Gasteiger partial charge in [0.2, 0.25) is 0 Å². The van der Waals surface area contributed by atoms with Crippen LogP contribution in [0.2, 0.25) is 0 Å². The third-order valence-corrected chi connectivity index (χ3v) is 4.55. The summed E-state index contributed by atoms with van der Waals surface area (Å²) in [6.45, 7) is 0.827. The van der Waals surface area contributed by atoms with Crippen molar-refractivity contribution in [3.63, 3.8) is 0 Å². The third kappa shape index (κ3) is 5.20. The summed E-state index contributed by atoms with van der Waals surface area (Å²) in [5.74, 6) is 2.05. The number of nitrogens with two attached hydrogens (primary N) is 1. The number of ether oxygens (including phenoxy) is 1. The lowest BCUT2D eigenvalue weighted by Gasteiger charge is -2.12. The van der Waals surface area contributed by atoms with Gasteiger partial charge in [-0.2, -0.15) is 11.8 Å². The first-order valence-electron chi connectivity index (χ1n) is 7.29. The van der Waals surface area contributed by atoms with Gasteiger partial charge < -0.3 is 10.5 Å². The molecule has 0 saturated heterocycles. The highest BCUT2D eigenvalue weighted by molar-refractivity contribution is 7.99. The van der Waals surface area contributed by atoms with Gasteiger partial charge in [0, 0.05) is 25.5 Å². The fourth-order valence-electron chi connectivity index (χ4n) is 2.17. The first-order valence-corrected chi connectivity index (χ1v) is 8.44. The Bertz CT molecular complexity index is 513. The van der Waals surface area contributed by atoms with Gasteiger partial charge >= 0.3 is 0 Å². The van der Waals surface area contributed by atoms with Gasteiger partial charge in [0.05, 0.1) is 0 Å². The van der Waals surface area contributed by atoms with Gasteiger partial charge in [-0.25, -0.2) is 0 Å². The number of hydrogen-bond acceptors (Lipinski definition) is 3. The van der Waals surface area contributed by atoms with E-state index >= 15 is 0 Å². The van der Waals surface area contributed by atoms with Crippen LogP contribution in [0.1, 0.15) is 18.0 Å². The predicted octanol–water partition coefficient (Wildman–Crippen LogP) is 4.12. The Balaban J connectivity index is 1.87. The summed E-state index contributed by atoms with van der Waals surface area (Å²) in [5, 5.41) is 0. The molecule has 2 rings (SSSR count). The average Bonchev–Trinajstić information content (AvgIpc) is 2.55. The molecular weight excluding hydrogens is 278 g/mol. The molecule has 0 radical (unpaired) electrons. The molecule has 1 atom stereocenters. The van der Waals surface area contributed by atoms with Crippen LogP contribution >= 0.6 is 11.8 Å². The molecule has 21 heavy (non-hydrogen) atoms. The van der Waals surface area contributed by atoms with Gasteiger partial charge in [0.1, 0.15) is 0 Å². The van der Waals surface area contributed by atoms with Crippen molar-refractivity contribution >= 4 is 11.8 Å². The van der Waals surface area contributed by atoms with E-state index in [0.29, 0.717) is 0 Å². The van der Waals surface area contributed by atoms with E-state index in [1.54, 1.807) is 7.11 Å². The van der Waals surface area contributed by atoms with Crippen LogP contribution in [0, 0.1) is 0 Å². The van der Waals surface area contributed by atoms with E-state index in [2.05, 4.69) is 48.5 Å². The Morgan fingerprint density at radius 1 is 1.00 bits per heavy atom. The van der Waals surface area contributed by atoms with Crippen LogP contribution < -0.4 is 5.73 Å². The molecule has 0 aliphatic heterocycles. The van der Waals surface area contributed by atoms with Crippen molar-refractivity contribution in [2.24, 2.45) is 5.73 Å². The first kappa shape index (κ1) is 16.1. The number of benzene rings is 2. The minimum absolute atomic E-state index is 0.0994. The highest BCUT2D eigenvalue weighted by atomic mass is 32.2. The Morgan fingerprint density at radius 3 is 2.33 bits per heavy atom. The van der Waals surface area contributed by atoms with Crippen LogP contribution in [0.5, 0.6) is 0 Å². The van der Waals surface area contributed by atoms with Crippen molar-refractivity contribution in [2.45, 2.75) is 12.5 Å². The maximum atomic E-state index is 6.25. The smallest absolute Gasteiger partial charge is 0.0470 e. The quantitative estimate of drug-likeness (QED) is 0.745. The third-order valence-electron chi connectivity index (χ3n) is 3.38. The largest absolute Gasteiger partial charge is 0.385 e. The molecule has 2 aromatic rings. The molecule has 0 spiro atoms. The van der Waals surface area contributed by atoms with Crippen LogP contribution in [0.4, 0.5) is 0 Å².